The van der Waals surface area contributed by atoms with Crippen LogP contribution in [0.1, 0.15) is 6.92 Å². The lowest BCUT2D eigenvalue weighted by atomic mass is 10.1. The number of hydrogen-bond acceptors (Lipinski definition) is 6. The summed E-state index contributed by atoms with van der Waals surface area (Å²) >= 11 is 0. The number of nitrogens with two attached hydrogens (primary N) is 1. The van der Waals surface area contributed by atoms with Gasteiger partial charge < -0.3 is 10.5 Å². The largest absolute Gasteiger partial charge is 0.476 e. The second-order valence-electron chi connectivity index (χ2n) is 5.30. The number of ether oxygens (including phenoxy) is 1. The first-order chi connectivity index (χ1) is 11.7. The number of aromatic nitrogens is 4. The van der Waals surface area contributed by atoms with Crippen molar-refractivity contribution in [3.63, 3.8) is 0 Å². The normalized spacial score (nSPS) is 11.0. The highest BCUT2D eigenvalue weighted by Gasteiger charge is 2.11. The molecule has 24 heavy (non-hydrogen) atoms. The molecule has 4 rings (SSSR count). The van der Waals surface area contributed by atoms with Crippen molar-refractivity contribution in [2.75, 3.05) is 12.3 Å². The second-order valence-corrected chi connectivity index (χ2v) is 5.30. The smallest absolute Gasteiger partial charge is 0.245 e. The minimum Gasteiger partial charge on any atom is -0.476 e. The van der Waals surface area contributed by atoms with E-state index >= 15 is 0 Å². The number of hydrogen-bond donors (Lipinski definition) is 1. The third kappa shape index (κ3) is 2.48. The van der Waals surface area contributed by atoms with Crippen LogP contribution >= 0.6 is 0 Å². The van der Waals surface area contributed by atoms with Gasteiger partial charge in [0.15, 0.2) is 5.52 Å². The van der Waals surface area contributed by atoms with Gasteiger partial charge in [0.25, 0.3) is 0 Å². The van der Waals surface area contributed by atoms with Gasteiger partial charge in [0.05, 0.1) is 23.3 Å². The van der Waals surface area contributed by atoms with E-state index in [-0.39, 0.29) is 5.95 Å². The molecule has 0 radical (unpaired) electrons. The Hall–Kier alpha value is -3.28. The van der Waals surface area contributed by atoms with Crippen molar-refractivity contribution in [2.45, 2.75) is 6.92 Å². The Morgan fingerprint density at radius 2 is 1.88 bits per heavy atom. The highest BCUT2D eigenvalue weighted by Crippen LogP contribution is 2.27. The summed E-state index contributed by atoms with van der Waals surface area (Å²) < 4.78 is 5.55. The van der Waals surface area contributed by atoms with Crippen LogP contribution in [0.15, 0.2) is 48.7 Å². The third-order valence-corrected chi connectivity index (χ3v) is 3.69. The predicted octanol–water partition coefficient (Wildman–Crippen LogP) is 3.22. The highest BCUT2D eigenvalue weighted by atomic mass is 16.5. The quantitative estimate of drug-likeness (QED) is 0.624. The molecule has 0 unspecified atom stereocenters. The third-order valence-electron chi connectivity index (χ3n) is 3.69. The summed E-state index contributed by atoms with van der Waals surface area (Å²) in [6, 6.07) is 13.8. The van der Waals surface area contributed by atoms with E-state index in [1.165, 1.54) is 0 Å². The van der Waals surface area contributed by atoms with Crippen LogP contribution in [-0.4, -0.2) is 26.5 Å². The molecule has 0 spiro atoms. The summed E-state index contributed by atoms with van der Waals surface area (Å²) in [5, 5.41) is 1.07. The average Bonchev–Trinajstić information content (AvgIpc) is 2.61. The van der Waals surface area contributed by atoms with Gasteiger partial charge in [0.1, 0.15) is 0 Å². The van der Waals surface area contributed by atoms with Crippen LogP contribution < -0.4 is 10.5 Å². The summed E-state index contributed by atoms with van der Waals surface area (Å²) in [4.78, 5) is 17.5. The Morgan fingerprint density at radius 1 is 1.00 bits per heavy atom. The van der Waals surface area contributed by atoms with Gasteiger partial charge in [0, 0.05) is 17.1 Å². The van der Waals surface area contributed by atoms with Gasteiger partial charge in [-0.25, -0.2) is 9.97 Å². The Balaban J connectivity index is 1.89. The number of nitrogens with zero attached hydrogens (tertiary/aromatic N) is 4. The summed E-state index contributed by atoms with van der Waals surface area (Å²) in [6.45, 7) is 2.37. The van der Waals surface area contributed by atoms with Gasteiger partial charge in [0.2, 0.25) is 11.8 Å². The van der Waals surface area contributed by atoms with Gasteiger partial charge in [-0.05, 0) is 31.2 Å². The van der Waals surface area contributed by atoms with Gasteiger partial charge in [-0.15, -0.1) is 0 Å². The molecule has 0 aliphatic rings. The van der Waals surface area contributed by atoms with Crippen molar-refractivity contribution >= 4 is 27.9 Å². The highest BCUT2D eigenvalue weighted by molar-refractivity contribution is 5.86. The summed E-state index contributed by atoms with van der Waals surface area (Å²) in [5.74, 6) is 0.573. The van der Waals surface area contributed by atoms with Crippen LogP contribution in [-0.2, 0) is 0 Å². The molecule has 2 N–H and O–H groups in total. The monoisotopic (exact) mass is 317 g/mol. The van der Waals surface area contributed by atoms with Gasteiger partial charge in [-0.1, -0.05) is 18.2 Å². The second kappa shape index (κ2) is 5.73. The Kier molecular flexibility index (Phi) is 3.42. The van der Waals surface area contributed by atoms with Crippen molar-refractivity contribution < 1.29 is 4.74 Å². The van der Waals surface area contributed by atoms with E-state index in [1.54, 1.807) is 0 Å². The standard InChI is InChI=1S/C18H15N5O/c1-2-24-17-16-15(22-18(19)23-17)8-7-14(21-16)12-9-11-5-3-4-6-13(11)20-10-12/h3-10H,2H2,1H3,(H2,19,22,23). The maximum atomic E-state index is 5.73. The molecule has 3 heterocycles. The first kappa shape index (κ1) is 14.3. The first-order valence-corrected chi connectivity index (χ1v) is 7.67. The van der Waals surface area contributed by atoms with E-state index < -0.39 is 0 Å². The number of anilines is 1. The molecule has 0 saturated heterocycles. The van der Waals surface area contributed by atoms with Crippen LogP contribution in [0.4, 0.5) is 5.95 Å². The zero-order valence-corrected chi connectivity index (χ0v) is 13.1. The maximum Gasteiger partial charge on any atom is 0.245 e. The number of pyridine rings is 2. The molecule has 6 nitrogen and oxygen atoms in total. The number of rotatable bonds is 3. The predicted molar refractivity (Wildman–Crippen MR) is 93.7 cm³/mol. The molecular formula is C18H15N5O. The van der Waals surface area contributed by atoms with E-state index in [0.717, 1.165) is 22.2 Å². The Bertz CT molecular complexity index is 1050. The molecule has 0 amide bonds. The summed E-state index contributed by atoms with van der Waals surface area (Å²) in [5.41, 5.74) is 9.64. The minimum absolute atomic E-state index is 0.174. The fourth-order valence-electron chi connectivity index (χ4n) is 2.61. The number of fused-ring (bicyclic) bond motifs is 2. The van der Waals surface area contributed by atoms with Crippen LogP contribution in [0.3, 0.4) is 0 Å². The number of benzene rings is 1. The SMILES string of the molecule is CCOc1nc(N)nc2ccc(-c3cnc4ccccc4c3)nc12. The minimum atomic E-state index is 0.174. The topological polar surface area (TPSA) is 86.8 Å². The van der Waals surface area contributed by atoms with E-state index in [4.69, 9.17) is 10.5 Å². The Labute approximate surface area is 138 Å². The molecule has 6 heteroatoms. The molecule has 0 aliphatic heterocycles. The van der Waals surface area contributed by atoms with Crippen molar-refractivity contribution in [3.8, 4) is 17.1 Å². The average molecular weight is 317 g/mol. The van der Waals surface area contributed by atoms with Crippen LogP contribution in [0.25, 0.3) is 33.2 Å². The fourth-order valence-corrected chi connectivity index (χ4v) is 2.61. The van der Waals surface area contributed by atoms with Crippen molar-refractivity contribution in [1.29, 1.82) is 0 Å². The zero-order chi connectivity index (χ0) is 16.5. The van der Waals surface area contributed by atoms with E-state index in [2.05, 4.69) is 26.0 Å². The lowest BCUT2D eigenvalue weighted by molar-refractivity contribution is 0.330. The summed E-state index contributed by atoms with van der Waals surface area (Å²) in [6.07, 6.45) is 1.81. The lowest BCUT2D eigenvalue weighted by Gasteiger charge is -2.08. The van der Waals surface area contributed by atoms with Crippen LogP contribution in [0.5, 0.6) is 5.88 Å². The van der Waals surface area contributed by atoms with Crippen molar-refractivity contribution in [2.24, 2.45) is 0 Å². The Morgan fingerprint density at radius 3 is 2.75 bits per heavy atom. The summed E-state index contributed by atoms with van der Waals surface area (Å²) in [7, 11) is 0. The molecule has 1 aromatic carbocycles. The fraction of sp³-hybridized carbons (Fsp3) is 0.111. The lowest BCUT2D eigenvalue weighted by Crippen LogP contribution is -2.03. The van der Waals surface area contributed by atoms with Crippen molar-refractivity contribution in [1.82, 2.24) is 19.9 Å². The number of nitrogen functional groups attached to an aromatic ring is 1. The van der Waals surface area contributed by atoms with Crippen LogP contribution in [0.2, 0.25) is 0 Å². The molecule has 0 bridgehead atoms. The zero-order valence-electron chi connectivity index (χ0n) is 13.1. The van der Waals surface area contributed by atoms with Crippen LogP contribution in [0, 0.1) is 0 Å². The maximum absolute atomic E-state index is 5.73. The van der Waals surface area contributed by atoms with Gasteiger partial charge >= 0.3 is 0 Å². The molecular weight excluding hydrogens is 302 g/mol. The van der Waals surface area contributed by atoms with E-state index in [0.29, 0.717) is 23.5 Å². The molecule has 3 aromatic heterocycles. The van der Waals surface area contributed by atoms with Crippen molar-refractivity contribution in [3.05, 3.63) is 48.7 Å². The molecule has 0 atom stereocenters. The van der Waals surface area contributed by atoms with Gasteiger partial charge in [-0.2, -0.15) is 4.98 Å². The van der Waals surface area contributed by atoms with E-state index in [1.807, 2.05) is 49.5 Å². The molecule has 0 fully saturated rings. The van der Waals surface area contributed by atoms with E-state index in [9.17, 15) is 0 Å². The first-order valence-electron chi connectivity index (χ1n) is 7.67. The van der Waals surface area contributed by atoms with Gasteiger partial charge in [-0.3, -0.25) is 4.98 Å². The molecule has 4 aromatic rings. The number of para-hydroxylation sites is 1. The molecule has 0 aliphatic carbocycles. The molecule has 0 saturated carbocycles. The molecule has 118 valence electrons.